The van der Waals surface area contributed by atoms with Gasteiger partial charge in [0.25, 0.3) is 0 Å². The Morgan fingerprint density at radius 2 is 2.27 bits per heavy atom. The molecule has 0 bridgehead atoms. The molecule has 1 rings (SSSR count). The van der Waals surface area contributed by atoms with E-state index in [0.717, 1.165) is 0 Å². The van der Waals surface area contributed by atoms with Crippen molar-refractivity contribution in [1.82, 2.24) is 0 Å². The Bertz CT molecular complexity index is 240. The molecule has 1 aromatic carbocycles. The van der Waals surface area contributed by atoms with E-state index in [1.54, 1.807) is 25.3 Å². The zero-order chi connectivity index (χ0) is 7.40. The van der Waals surface area contributed by atoms with Crippen LogP contribution >= 0.6 is 8.46 Å². The Morgan fingerprint density at radius 3 is 2.82 bits per heavy atom. The van der Waals surface area contributed by atoms with Crippen molar-refractivity contribution in [1.29, 1.82) is 0 Å². The van der Waals surface area contributed by atoms with Crippen LogP contribution in [0.2, 0.25) is 0 Å². The predicted molar refractivity (Wildman–Crippen MR) is 39.1 cm³/mol. The number of benzene rings is 1. The largest absolute Gasteiger partial charge is 1.00 e. The minimum absolute atomic E-state index is 0. The Hall–Kier alpha value is -0.283. The summed E-state index contributed by atoms with van der Waals surface area (Å²) in [5, 5.41) is 0.611. The third kappa shape index (κ3) is 3.08. The van der Waals surface area contributed by atoms with Gasteiger partial charge in [0.15, 0.2) is 8.46 Å². The first kappa shape index (κ1) is 10.7. The van der Waals surface area contributed by atoms with Crippen LogP contribution in [0.1, 0.15) is 0 Å². The van der Waals surface area contributed by atoms with Gasteiger partial charge in [-0.1, -0.05) is 5.30 Å². The topological polar surface area (TPSA) is 26.3 Å². The molecule has 0 saturated carbocycles. The van der Waals surface area contributed by atoms with Gasteiger partial charge in [-0.15, -0.1) is 12.1 Å². The molecule has 0 unspecified atom stereocenters. The van der Waals surface area contributed by atoms with E-state index >= 15 is 0 Å². The molecule has 0 radical (unpaired) electrons. The number of ether oxygens (including phenoxy) is 1. The van der Waals surface area contributed by atoms with E-state index in [1.807, 2.05) is 0 Å². The van der Waals surface area contributed by atoms with Crippen LogP contribution in [0, 0.1) is 6.07 Å². The maximum atomic E-state index is 10.3. The fourth-order valence-electron chi connectivity index (χ4n) is 0.609. The Labute approximate surface area is 79.3 Å². The summed E-state index contributed by atoms with van der Waals surface area (Å²) in [5.41, 5.74) is 0. The number of hydrogen-bond donors (Lipinski definition) is 0. The third-order valence-corrected chi connectivity index (χ3v) is 1.53. The fraction of sp³-hybridized carbons (Fsp3) is 0.143. The minimum atomic E-state index is -0.0217. The molecule has 52 valence electrons. The molecule has 0 spiro atoms. The van der Waals surface area contributed by atoms with Crippen molar-refractivity contribution in [2.45, 2.75) is 0 Å². The molecule has 0 N–H and O–H groups in total. The maximum absolute atomic E-state index is 10.3. The third-order valence-electron chi connectivity index (χ3n) is 1.07. The summed E-state index contributed by atoms with van der Waals surface area (Å²) >= 11 is 0. The Balaban J connectivity index is 0.000001000. The second-order valence-corrected chi connectivity index (χ2v) is 2.36. The van der Waals surface area contributed by atoms with Crippen LogP contribution in [0.3, 0.4) is 0 Å². The Morgan fingerprint density at radius 1 is 1.55 bits per heavy atom. The standard InChI is InChI=1S/C7H6O2P.Li/c1-9-6-3-2-4-7(5-6)10-8;/h2-4H,1H3;/q-1;+1. The van der Waals surface area contributed by atoms with Crippen LogP contribution in [0.5, 0.6) is 5.75 Å². The van der Waals surface area contributed by atoms with E-state index in [2.05, 4.69) is 6.07 Å². The van der Waals surface area contributed by atoms with E-state index in [9.17, 15) is 4.57 Å². The maximum Gasteiger partial charge on any atom is 1.00 e. The first-order chi connectivity index (χ1) is 4.86. The van der Waals surface area contributed by atoms with Gasteiger partial charge in [-0.05, 0) is 0 Å². The van der Waals surface area contributed by atoms with E-state index in [0.29, 0.717) is 11.1 Å². The molecule has 0 heterocycles. The van der Waals surface area contributed by atoms with Gasteiger partial charge in [0.05, 0.1) is 7.11 Å². The molecule has 0 saturated heterocycles. The Kier molecular flexibility index (Phi) is 5.24. The van der Waals surface area contributed by atoms with Crippen LogP contribution in [-0.4, -0.2) is 7.11 Å². The average Bonchev–Trinajstić information content (AvgIpc) is 2.05. The van der Waals surface area contributed by atoms with Gasteiger partial charge < -0.3 is 4.74 Å². The molecular weight excluding hydrogens is 154 g/mol. The first-order valence-electron chi connectivity index (χ1n) is 2.76. The monoisotopic (exact) mass is 160 g/mol. The SMILES string of the molecule is COc1[c-]c(P=O)ccc1.[Li+]. The summed E-state index contributed by atoms with van der Waals surface area (Å²) in [5.74, 6) is 0.612. The summed E-state index contributed by atoms with van der Waals surface area (Å²) in [6.45, 7) is 0. The van der Waals surface area contributed by atoms with Crippen molar-refractivity contribution in [2.24, 2.45) is 0 Å². The van der Waals surface area contributed by atoms with Gasteiger partial charge in [-0.3, -0.25) is 4.57 Å². The van der Waals surface area contributed by atoms with Gasteiger partial charge >= 0.3 is 18.9 Å². The molecule has 0 amide bonds. The van der Waals surface area contributed by atoms with Gasteiger partial charge in [-0.2, -0.15) is 12.1 Å². The summed E-state index contributed by atoms with van der Waals surface area (Å²) in [7, 11) is 1.53. The molecular formula is C7H6LiO2P. The predicted octanol–water partition coefficient (Wildman–Crippen LogP) is -1.58. The molecule has 4 heteroatoms. The second-order valence-electron chi connectivity index (χ2n) is 1.70. The van der Waals surface area contributed by atoms with Gasteiger partial charge in [0.1, 0.15) is 0 Å². The zero-order valence-corrected chi connectivity index (χ0v) is 7.39. The fourth-order valence-corrected chi connectivity index (χ4v) is 0.911. The van der Waals surface area contributed by atoms with Gasteiger partial charge in [-0.25, -0.2) is 0 Å². The summed E-state index contributed by atoms with van der Waals surface area (Å²) < 4.78 is 15.1. The summed E-state index contributed by atoms with van der Waals surface area (Å²) in [6.07, 6.45) is 0. The van der Waals surface area contributed by atoms with Crippen molar-refractivity contribution in [3.05, 3.63) is 24.3 Å². The molecule has 0 atom stereocenters. The van der Waals surface area contributed by atoms with Crippen LogP contribution < -0.4 is 28.9 Å². The molecule has 0 aliphatic carbocycles. The van der Waals surface area contributed by atoms with Crippen LogP contribution in [-0.2, 0) is 4.57 Å². The molecule has 0 aliphatic rings. The molecule has 11 heavy (non-hydrogen) atoms. The zero-order valence-electron chi connectivity index (χ0n) is 6.50. The molecule has 0 aromatic heterocycles. The number of methoxy groups -OCH3 is 1. The van der Waals surface area contributed by atoms with Crippen molar-refractivity contribution in [3.63, 3.8) is 0 Å². The van der Waals surface area contributed by atoms with E-state index in [4.69, 9.17) is 4.74 Å². The second kappa shape index (κ2) is 5.38. The van der Waals surface area contributed by atoms with Crippen molar-refractivity contribution >= 4 is 13.8 Å². The van der Waals surface area contributed by atoms with Crippen molar-refractivity contribution in [3.8, 4) is 5.75 Å². The number of hydrogen-bond acceptors (Lipinski definition) is 2. The molecule has 1 aromatic rings. The van der Waals surface area contributed by atoms with Gasteiger partial charge in [0, 0.05) is 5.75 Å². The van der Waals surface area contributed by atoms with Crippen molar-refractivity contribution < 1.29 is 28.2 Å². The minimum Gasteiger partial charge on any atom is -0.523 e. The van der Waals surface area contributed by atoms with Gasteiger partial charge in [0.2, 0.25) is 0 Å². The smallest absolute Gasteiger partial charge is 0.523 e. The normalized spacial score (nSPS) is 8.82. The number of rotatable bonds is 2. The van der Waals surface area contributed by atoms with Crippen LogP contribution in [0.4, 0.5) is 0 Å². The van der Waals surface area contributed by atoms with E-state index in [1.165, 1.54) is 0 Å². The summed E-state index contributed by atoms with van der Waals surface area (Å²) in [6, 6.07) is 8.05. The first-order valence-corrected chi connectivity index (χ1v) is 3.57. The van der Waals surface area contributed by atoms with E-state index < -0.39 is 0 Å². The van der Waals surface area contributed by atoms with Crippen LogP contribution in [0.15, 0.2) is 18.2 Å². The molecule has 0 aliphatic heterocycles. The van der Waals surface area contributed by atoms with E-state index in [-0.39, 0.29) is 27.3 Å². The van der Waals surface area contributed by atoms with Crippen LogP contribution in [0.25, 0.3) is 0 Å². The van der Waals surface area contributed by atoms with Crippen molar-refractivity contribution in [2.75, 3.05) is 7.11 Å². The summed E-state index contributed by atoms with van der Waals surface area (Å²) in [4.78, 5) is 0. The molecule has 2 nitrogen and oxygen atoms in total. The average molecular weight is 160 g/mol. The quantitative estimate of drug-likeness (QED) is 0.296. The molecule has 0 fully saturated rings.